The standard InChI is InChI=1S/C18H21N3O2S2/c1-4-9-17-10-18-15(23)20(3)16(2,24-25-18)14(22)21(18)13(17)19-12-8-6-5-7-11(12)17/h5-8,13,19H,4,9-10H2,1-3H3/t13-,16-,17-,18+/m1/s1. The van der Waals surface area contributed by atoms with E-state index in [1.807, 2.05) is 17.9 Å². The third-order valence-electron chi connectivity index (χ3n) is 6.41. The number of carbonyl (C=O) groups excluding carboxylic acids is 2. The Kier molecular flexibility index (Phi) is 2.97. The topological polar surface area (TPSA) is 52.7 Å². The van der Waals surface area contributed by atoms with Crippen LogP contribution in [0, 0.1) is 0 Å². The van der Waals surface area contributed by atoms with E-state index in [4.69, 9.17) is 0 Å². The number of anilines is 1. The summed E-state index contributed by atoms with van der Waals surface area (Å²) in [5.74, 6) is 0.129. The molecule has 4 saturated heterocycles. The summed E-state index contributed by atoms with van der Waals surface area (Å²) in [6.45, 7) is 4.05. The summed E-state index contributed by atoms with van der Waals surface area (Å²) < 4.78 is 0. The second-order valence-corrected chi connectivity index (χ2v) is 10.5. The fourth-order valence-electron chi connectivity index (χ4n) is 5.14. The Morgan fingerprint density at radius 2 is 2.00 bits per heavy atom. The first kappa shape index (κ1) is 15.9. The van der Waals surface area contributed by atoms with Crippen LogP contribution < -0.4 is 5.32 Å². The number of nitrogens with one attached hydrogen (secondary N) is 1. The molecule has 5 heterocycles. The zero-order chi connectivity index (χ0) is 17.6. The van der Waals surface area contributed by atoms with Gasteiger partial charge in [0.1, 0.15) is 6.17 Å². The van der Waals surface area contributed by atoms with Crippen LogP contribution in [0.4, 0.5) is 5.69 Å². The molecule has 25 heavy (non-hydrogen) atoms. The van der Waals surface area contributed by atoms with Crippen molar-refractivity contribution in [3.05, 3.63) is 29.8 Å². The van der Waals surface area contributed by atoms with Crippen molar-refractivity contribution in [2.24, 2.45) is 0 Å². The third kappa shape index (κ3) is 1.56. The molecule has 1 aromatic carbocycles. The molecule has 4 atom stereocenters. The molecule has 5 nitrogen and oxygen atoms in total. The average Bonchev–Trinajstić information content (AvgIpc) is 3.05. The highest BCUT2D eigenvalue weighted by atomic mass is 33.1. The quantitative estimate of drug-likeness (QED) is 0.806. The molecule has 0 unspecified atom stereocenters. The normalized spacial score (nSPS) is 40.8. The van der Waals surface area contributed by atoms with Crippen LogP contribution in [0.2, 0.25) is 0 Å². The molecule has 0 radical (unpaired) electrons. The Morgan fingerprint density at radius 3 is 2.76 bits per heavy atom. The first-order valence-electron chi connectivity index (χ1n) is 8.76. The van der Waals surface area contributed by atoms with E-state index in [1.54, 1.807) is 33.5 Å². The van der Waals surface area contributed by atoms with E-state index in [0.717, 1.165) is 18.5 Å². The fraction of sp³-hybridized carbons (Fsp3) is 0.556. The van der Waals surface area contributed by atoms with E-state index in [-0.39, 0.29) is 23.4 Å². The van der Waals surface area contributed by atoms with Gasteiger partial charge in [-0.25, -0.2) is 0 Å². The highest BCUT2D eigenvalue weighted by Crippen LogP contribution is 2.69. The maximum absolute atomic E-state index is 13.4. The van der Waals surface area contributed by atoms with E-state index >= 15 is 0 Å². The lowest BCUT2D eigenvalue weighted by atomic mass is 9.74. The molecule has 6 rings (SSSR count). The van der Waals surface area contributed by atoms with Crippen molar-refractivity contribution in [3.8, 4) is 0 Å². The van der Waals surface area contributed by atoms with Crippen LogP contribution in [0.5, 0.6) is 0 Å². The molecule has 5 aliphatic rings. The third-order valence-corrected chi connectivity index (χ3v) is 10.1. The summed E-state index contributed by atoms with van der Waals surface area (Å²) in [5.41, 5.74) is 2.17. The molecule has 2 bridgehead atoms. The van der Waals surface area contributed by atoms with Crippen LogP contribution in [0.3, 0.4) is 0 Å². The van der Waals surface area contributed by atoms with Crippen molar-refractivity contribution in [2.45, 2.75) is 54.4 Å². The summed E-state index contributed by atoms with van der Waals surface area (Å²) in [6, 6.07) is 8.34. The minimum atomic E-state index is -0.817. The molecule has 0 aliphatic carbocycles. The van der Waals surface area contributed by atoms with Crippen molar-refractivity contribution in [1.29, 1.82) is 0 Å². The molecule has 132 valence electrons. The van der Waals surface area contributed by atoms with E-state index in [1.165, 1.54) is 5.56 Å². The van der Waals surface area contributed by atoms with E-state index in [0.29, 0.717) is 6.42 Å². The summed E-state index contributed by atoms with van der Waals surface area (Å²) in [7, 11) is 4.91. The molecule has 0 saturated carbocycles. The fourth-order valence-corrected chi connectivity index (χ4v) is 8.68. The maximum atomic E-state index is 13.4. The number of hydrogen-bond donors (Lipinski definition) is 1. The van der Waals surface area contributed by atoms with Crippen LogP contribution in [-0.4, -0.2) is 44.6 Å². The van der Waals surface area contributed by atoms with Crippen LogP contribution in [0.1, 0.15) is 38.7 Å². The number of amides is 2. The maximum Gasteiger partial charge on any atom is 0.262 e. The van der Waals surface area contributed by atoms with Gasteiger partial charge in [-0.3, -0.25) is 14.5 Å². The summed E-state index contributed by atoms with van der Waals surface area (Å²) in [4.78, 5) is 28.7. The van der Waals surface area contributed by atoms with Gasteiger partial charge in [0.25, 0.3) is 11.8 Å². The highest BCUT2D eigenvalue weighted by molar-refractivity contribution is 8.78. The number of likely N-dealkylation sites (N-methyl/N-ethyl adjacent to an activating group) is 1. The van der Waals surface area contributed by atoms with Crippen LogP contribution in [-0.2, 0) is 15.0 Å². The number of fused-ring (bicyclic) bond motifs is 5. The van der Waals surface area contributed by atoms with Crippen molar-refractivity contribution in [3.63, 3.8) is 0 Å². The zero-order valence-corrected chi connectivity index (χ0v) is 16.2. The average molecular weight is 376 g/mol. The molecule has 1 spiro atoms. The molecule has 4 fully saturated rings. The van der Waals surface area contributed by atoms with Gasteiger partial charge >= 0.3 is 0 Å². The van der Waals surface area contributed by atoms with Gasteiger partial charge in [-0.2, -0.15) is 0 Å². The monoisotopic (exact) mass is 375 g/mol. The van der Waals surface area contributed by atoms with Gasteiger partial charge in [0.2, 0.25) is 0 Å². The predicted octanol–water partition coefficient (Wildman–Crippen LogP) is 2.99. The van der Waals surface area contributed by atoms with E-state index in [9.17, 15) is 9.59 Å². The highest BCUT2D eigenvalue weighted by Gasteiger charge is 2.76. The van der Waals surface area contributed by atoms with Gasteiger partial charge in [0.15, 0.2) is 9.74 Å². The van der Waals surface area contributed by atoms with Crippen molar-refractivity contribution in [1.82, 2.24) is 9.80 Å². The molecular weight excluding hydrogens is 354 g/mol. The van der Waals surface area contributed by atoms with Gasteiger partial charge in [-0.05, 0) is 25.0 Å². The zero-order valence-electron chi connectivity index (χ0n) is 14.5. The number of carbonyl (C=O) groups is 2. The van der Waals surface area contributed by atoms with Gasteiger partial charge in [0, 0.05) is 24.6 Å². The first-order chi connectivity index (χ1) is 11.9. The second-order valence-electron chi connectivity index (χ2n) is 7.65. The number of rotatable bonds is 2. The Labute approximate surface area is 155 Å². The first-order valence-corrected chi connectivity index (χ1v) is 10.9. The number of para-hydroxylation sites is 1. The molecule has 1 N–H and O–H groups in total. The lowest BCUT2D eigenvalue weighted by Gasteiger charge is -2.57. The molecular formula is C18H21N3O2S2. The van der Waals surface area contributed by atoms with Gasteiger partial charge in [-0.15, -0.1) is 0 Å². The lowest BCUT2D eigenvalue weighted by molar-refractivity contribution is -0.163. The lowest BCUT2D eigenvalue weighted by Crippen LogP contribution is -2.75. The second kappa shape index (κ2) is 4.68. The minimum Gasteiger partial charge on any atom is -0.364 e. The summed E-state index contributed by atoms with van der Waals surface area (Å²) >= 11 is 0. The van der Waals surface area contributed by atoms with Crippen molar-refractivity contribution >= 4 is 39.1 Å². The molecule has 1 aromatic rings. The summed E-state index contributed by atoms with van der Waals surface area (Å²) in [6.07, 6.45) is 2.53. The Balaban J connectivity index is 1.73. The Hall–Kier alpha value is -1.34. The number of piperazine rings is 1. The molecule has 2 amide bonds. The van der Waals surface area contributed by atoms with Crippen LogP contribution >= 0.6 is 21.6 Å². The van der Waals surface area contributed by atoms with Gasteiger partial charge in [0.05, 0.1) is 0 Å². The SMILES string of the molecule is CCC[C@]12C[C@@]34SS[C@](C)(C(=O)N3[C@H]1Nc1ccccc12)N(C)C4=O. The van der Waals surface area contributed by atoms with Crippen LogP contribution in [0.15, 0.2) is 24.3 Å². The number of nitrogens with zero attached hydrogens (tertiary/aromatic N) is 2. The van der Waals surface area contributed by atoms with Gasteiger partial charge < -0.3 is 10.2 Å². The van der Waals surface area contributed by atoms with E-state index in [2.05, 4.69) is 30.4 Å². The summed E-state index contributed by atoms with van der Waals surface area (Å²) in [5, 5.41) is 3.60. The molecule has 0 aromatic heterocycles. The number of hydrogen-bond acceptors (Lipinski definition) is 5. The Morgan fingerprint density at radius 1 is 1.24 bits per heavy atom. The van der Waals surface area contributed by atoms with Crippen LogP contribution in [0.25, 0.3) is 0 Å². The number of benzene rings is 1. The predicted molar refractivity (Wildman–Crippen MR) is 101 cm³/mol. The van der Waals surface area contributed by atoms with Gasteiger partial charge in [-0.1, -0.05) is 53.1 Å². The van der Waals surface area contributed by atoms with E-state index < -0.39 is 9.74 Å². The van der Waals surface area contributed by atoms with Crippen molar-refractivity contribution in [2.75, 3.05) is 12.4 Å². The minimum absolute atomic E-state index is 0.0571. The molecule has 5 aliphatic heterocycles. The smallest absolute Gasteiger partial charge is 0.262 e. The molecule has 7 heteroatoms. The largest absolute Gasteiger partial charge is 0.364 e. The van der Waals surface area contributed by atoms with Crippen molar-refractivity contribution < 1.29 is 9.59 Å². The Bertz CT molecular complexity index is 817.